The third kappa shape index (κ3) is 4.06. The van der Waals surface area contributed by atoms with Crippen LogP contribution in [0, 0.1) is 5.41 Å². The molecule has 0 fully saturated rings. The van der Waals surface area contributed by atoms with E-state index in [9.17, 15) is 9.59 Å². The van der Waals surface area contributed by atoms with Crippen molar-refractivity contribution in [3.05, 3.63) is 18.0 Å². The summed E-state index contributed by atoms with van der Waals surface area (Å²) in [5.74, 6) is -1.01. The van der Waals surface area contributed by atoms with Gasteiger partial charge in [-0.15, -0.1) is 0 Å². The van der Waals surface area contributed by atoms with Gasteiger partial charge >= 0.3 is 11.9 Å². The Kier molecular flexibility index (Phi) is 6.39. The van der Waals surface area contributed by atoms with Crippen LogP contribution in [0.25, 0.3) is 0 Å². The molecule has 1 rings (SSSR count). The highest BCUT2D eigenvalue weighted by Gasteiger charge is 2.46. The first-order valence-electron chi connectivity index (χ1n) is 7.32. The van der Waals surface area contributed by atoms with Gasteiger partial charge in [-0.25, -0.2) is 0 Å². The number of nitrogens with zero attached hydrogens (tertiary/aromatic N) is 2. The lowest BCUT2D eigenvalue weighted by Gasteiger charge is -2.27. The summed E-state index contributed by atoms with van der Waals surface area (Å²) in [6.45, 7) is 5.74. The Labute approximate surface area is 125 Å². The molecule has 0 aromatic carbocycles. The van der Waals surface area contributed by atoms with E-state index in [1.807, 2.05) is 13.2 Å². The summed E-state index contributed by atoms with van der Waals surface area (Å²) in [5.41, 5.74) is -0.258. The zero-order valence-corrected chi connectivity index (χ0v) is 13.2. The maximum Gasteiger partial charge on any atom is 0.323 e. The first-order chi connectivity index (χ1) is 10.00. The lowest BCUT2D eigenvalue weighted by atomic mass is 9.79. The summed E-state index contributed by atoms with van der Waals surface area (Å²) >= 11 is 0. The molecule has 118 valence electrons. The van der Waals surface area contributed by atoms with Crippen LogP contribution in [0.3, 0.4) is 0 Å². The highest BCUT2D eigenvalue weighted by molar-refractivity contribution is 6.00. The topological polar surface area (TPSA) is 70.4 Å². The number of hydrogen-bond donors (Lipinski definition) is 0. The lowest BCUT2D eigenvalue weighted by Crippen LogP contribution is -2.42. The minimum atomic E-state index is -1.23. The van der Waals surface area contributed by atoms with E-state index >= 15 is 0 Å². The van der Waals surface area contributed by atoms with Crippen LogP contribution in [0.4, 0.5) is 0 Å². The summed E-state index contributed by atoms with van der Waals surface area (Å²) in [5, 5.41) is 4.09. The fourth-order valence-corrected chi connectivity index (χ4v) is 2.25. The van der Waals surface area contributed by atoms with E-state index in [0.29, 0.717) is 19.3 Å². The molecule has 6 heteroatoms. The molecular weight excluding hydrogens is 272 g/mol. The van der Waals surface area contributed by atoms with Crippen molar-refractivity contribution < 1.29 is 19.1 Å². The molecule has 1 aromatic heterocycles. The number of aryl methyl sites for hydroxylation is 2. The van der Waals surface area contributed by atoms with Gasteiger partial charge in [0.25, 0.3) is 0 Å². The smallest absolute Gasteiger partial charge is 0.323 e. The van der Waals surface area contributed by atoms with Gasteiger partial charge in [-0.05, 0) is 38.7 Å². The summed E-state index contributed by atoms with van der Waals surface area (Å²) in [7, 11) is 1.83. The van der Waals surface area contributed by atoms with E-state index in [0.717, 1.165) is 5.56 Å². The third-order valence-electron chi connectivity index (χ3n) is 3.53. The molecule has 0 aliphatic heterocycles. The van der Waals surface area contributed by atoms with E-state index in [1.54, 1.807) is 31.6 Å². The average molecular weight is 296 g/mol. The largest absolute Gasteiger partial charge is 0.465 e. The predicted octanol–water partition coefficient (Wildman–Crippen LogP) is 1.88. The van der Waals surface area contributed by atoms with Crippen LogP contribution >= 0.6 is 0 Å². The molecule has 0 aliphatic carbocycles. The highest BCUT2D eigenvalue weighted by Crippen LogP contribution is 2.32. The first-order valence-corrected chi connectivity index (χ1v) is 7.32. The number of aromatic nitrogens is 2. The molecule has 0 atom stereocenters. The van der Waals surface area contributed by atoms with E-state index in [4.69, 9.17) is 9.47 Å². The van der Waals surface area contributed by atoms with Crippen molar-refractivity contribution >= 4 is 11.9 Å². The van der Waals surface area contributed by atoms with Crippen molar-refractivity contribution in [3.63, 3.8) is 0 Å². The second-order valence-electron chi connectivity index (χ2n) is 4.90. The van der Waals surface area contributed by atoms with Crippen molar-refractivity contribution in [3.8, 4) is 0 Å². The Morgan fingerprint density at radius 3 is 2.14 bits per heavy atom. The summed E-state index contributed by atoms with van der Waals surface area (Å²) in [6, 6.07) is 0. The molecule has 0 radical (unpaired) electrons. The van der Waals surface area contributed by atoms with Crippen molar-refractivity contribution in [2.45, 2.75) is 40.0 Å². The molecule has 6 nitrogen and oxygen atoms in total. The maximum absolute atomic E-state index is 12.3. The Hall–Kier alpha value is -1.85. The monoisotopic (exact) mass is 296 g/mol. The lowest BCUT2D eigenvalue weighted by molar-refractivity contribution is -0.173. The van der Waals surface area contributed by atoms with Gasteiger partial charge < -0.3 is 9.47 Å². The standard InChI is InChI=1S/C15H24N2O4/c1-5-15(13(18)20-6-2,14(19)21-7-3)9-8-12-10-16-17(4)11-12/h10-11H,5-9H2,1-4H3. The highest BCUT2D eigenvalue weighted by atomic mass is 16.6. The second kappa shape index (κ2) is 7.81. The summed E-state index contributed by atoms with van der Waals surface area (Å²) < 4.78 is 11.9. The van der Waals surface area contributed by atoms with Crippen LogP contribution < -0.4 is 0 Å². The second-order valence-corrected chi connectivity index (χ2v) is 4.90. The molecule has 0 unspecified atom stereocenters. The van der Waals surface area contributed by atoms with Crippen LogP contribution in [0.5, 0.6) is 0 Å². The Morgan fingerprint density at radius 2 is 1.76 bits per heavy atom. The fourth-order valence-electron chi connectivity index (χ4n) is 2.25. The van der Waals surface area contributed by atoms with Crippen molar-refractivity contribution in [1.82, 2.24) is 9.78 Å². The molecule has 0 saturated heterocycles. The Balaban J connectivity index is 2.93. The normalized spacial score (nSPS) is 11.2. The van der Waals surface area contributed by atoms with Crippen LogP contribution in [-0.4, -0.2) is 34.9 Å². The zero-order chi connectivity index (χ0) is 15.9. The SMILES string of the molecule is CCOC(=O)C(CC)(CCc1cnn(C)c1)C(=O)OCC. The van der Waals surface area contributed by atoms with Gasteiger partial charge in [-0.3, -0.25) is 14.3 Å². The van der Waals surface area contributed by atoms with E-state index in [-0.39, 0.29) is 13.2 Å². The molecular formula is C15H24N2O4. The molecule has 1 heterocycles. The number of hydrogen-bond acceptors (Lipinski definition) is 5. The minimum absolute atomic E-state index is 0.243. The number of esters is 2. The maximum atomic E-state index is 12.3. The van der Waals surface area contributed by atoms with Gasteiger partial charge in [0.2, 0.25) is 0 Å². The van der Waals surface area contributed by atoms with Crippen LogP contribution in [-0.2, 0) is 32.5 Å². The molecule has 0 saturated carbocycles. The number of ether oxygens (including phenoxy) is 2. The van der Waals surface area contributed by atoms with Crippen molar-refractivity contribution in [2.75, 3.05) is 13.2 Å². The number of carbonyl (C=O) groups is 2. The molecule has 0 N–H and O–H groups in total. The van der Waals surface area contributed by atoms with Crippen LogP contribution in [0.15, 0.2) is 12.4 Å². The van der Waals surface area contributed by atoms with Crippen molar-refractivity contribution in [1.29, 1.82) is 0 Å². The molecule has 0 amide bonds. The molecule has 1 aromatic rings. The molecule has 0 bridgehead atoms. The average Bonchev–Trinajstić information content (AvgIpc) is 2.86. The van der Waals surface area contributed by atoms with E-state index < -0.39 is 17.4 Å². The minimum Gasteiger partial charge on any atom is -0.465 e. The van der Waals surface area contributed by atoms with Gasteiger partial charge in [-0.2, -0.15) is 5.10 Å². The van der Waals surface area contributed by atoms with Gasteiger partial charge in [0.05, 0.1) is 19.4 Å². The Morgan fingerprint density at radius 1 is 1.19 bits per heavy atom. The predicted molar refractivity (Wildman–Crippen MR) is 77.5 cm³/mol. The van der Waals surface area contributed by atoms with Gasteiger partial charge in [-0.1, -0.05) is 6.92 Å². The summed E-state index contributed by atoms with van der Waals surface area (Å²) in [6.07, 6.45) is 4.88. The molecule has 0 aliphatic rings. The molecule has 0 spiro atoms. The van der Waals surface area contributed by atoms with E-state index in [2.05, 4.69) is 5.10 Å². The Bertz CT molecular complexity index is 464. The number of carbonyl (C=O) groups excluding carboxylic acids is 2. The fraction of sp³-hybridized carbons (Fsp3) is 0.667. The third-order valence-corrected chi connectivity index (χ3v) is 3.53. The first kappa shape index (κ1) is 17.2. The van der Waals surface area contributed by atoms with Crippen LogP contribution in [0.2, 0.25) is 0 Å². The molecule has 21 heavy (non-hydrogen) atoms. The summed E-state index contributed by atoms with van der Waals surface area (Å²) in [4.78, 5) is 24.6. The van der Waals surface area contributed by atoms with Gasteiger partial charge in [0, 0.05) is 13.2 Å². The van der Waals surface area contributed by atoms with Gasteiger partial charge in [0.15, 0.2) is 5.41 Å². The number of rotatable bonds is 8. The van der Waals surface area contributed by atoms with Crippen molar-refractivity contribution in [2.24, 2.45) is 12.5 Å². The zero-order valence-electron chi connectivity index (χ0n) is 13.2. The van der Waals surface area contributed by atoms with Gasteiger partial charge in [0.1, 0.15) is 0 Å². The van der Waals surface area contributed by atoms with E-state index in [1.165, 1.54) is 0 Å². The van der Waals surface area contributed by atoms with Crippen LogP contribution in [0.1, 0.15) is 39.2 Å². The quantitative estimate of drug-likeness (QED) is 0.541.